The maximum absolute atomic E-state index is 11.8. The van der Waals surface area contributed by atoms with E-state index in [0.717, 1.165) is 17.5 Å². The number of anilines is 2. The zero-order valence-corrected chi connectivity index (χ0v) is 13.6. The Kier molecular flexibility index (Phi) is 3.86. The molecule has 0 amide bonds. The van der Waals surface area contributed by atoms with Crippen molar-refractivity contribution >= 4 is 38.2 Å². The summed E-state index contributed by atoms with van der Waals surface area (Å²) >= 11 is 0. The highest BCUT2D eigenvalue weighted by Gasteiger charge is 2.24. The summed E-state index contributed by atoms with van der Waals surface area (Å²) in [7, 11) is -4.70. The lowest BCUT2D eigenvalue weighted by Gasteiger charge is -2.15. The number of carbonyl (C=O) groups is 1. The SMILES string of the molecule is Nc1cc(C(=O)O)cc(-c2ccc3ccccc3c2N)c1S(=O)(=O)O. The van der Waals surface area contributed by atoms with Crippen molar-refractivity contribution < 1.29 is 22.9 Å². The van der Waals surface area contributed by atoms with Gasteiger partial charge < -0.3 is 16.6 Å². The van der Waals surface area contributed by atoms with Crippen LogP contribution in [0.1, 0.15) is 10.4 Å². The molecule has 0 aliphatic carbocycles. The van der Waals surface area contributed by atoms with E-state index in [1.807, 2.05) is 12.1 Å². The van der Waals surface area contributed by atoms with Crippen molar-refractivity contribution in [2.24, 2.45) is 0 Å². The average Bonchev–Trinajstić information content (AvgIpc) is 2.53. The molecule has 0 saturated carbocycles. The summed E-state index contributed by atoms with van der Waals surface area (Å²) in [5, 5.41) is 10.7. The number of carboxylic acids is 1. The van der Waals surface area contributed by atoms with E-state index in [1.54, 1.807) is 24.3 Å². The molecule has 0 saturated heterocycles. The smallest absolute Gasteiger partial charge is 0.335 e. The van der Waals surface area contributed by atoms with Gasteiger partial charge in [-0.15, -0.1) is 0 Å². The molecule has 3 aromatic rings. The van der Waals surface area contributed by atoms with Crippen LogP contribution in [0.4, 0.5) is 11.4 Å². The van der Waals surface area contributed by atoms with Gasteiger partial charge in [-0.1, -0.05) is 36.4 Å². The van der Waals surface area contributed by atoms with Crippen LogP contribution in [0.25, 0.3) is 21.9 Å². The standard InChI is InChI=1S/C17H14N2O5S/c18-14-8-10(17(20)21)7-13(16(14)25(22,23)24)12-6-5-9-3-1-2-4-11(9)15(12)19/h1-8H,18-19H2,(H,20,21)(H,22,23,24). The van der Waals surface area contributed by atoms with Crippen molar-refractivity contribution in [3.63, 3.8) is 0 Å². The van der Waals surface area contributed by atoms with Gasteiger partial charge in [0.25, 0.3) is 10.1 Å². The fraction of sp³-hybridized carbons (Fsp3) is 0. The number of aromatic carboxylic acids is 1. The number of carboxylic acid groups (broad SMARTS) is 1. The predicted octanol–water partition coefficient (Wildman–Crippen LogP) is 2.62. The van der Waals surface area contributed by atoms with E-state index in [0.29, 0.717) is 5.39 Å². The summed E-state index contributed by atoms with van der Waals surface area (Å²) in [5.74, 6) is -1.28. The summed E-state index contributed by atoms with van der Waals surface area (Å²) in [6.07, 6.45) is 0. The molecular formula is C17H14N2O5S. The number of rotatable bonds is 3. The number of benzene rings is 3. The molecule has 0 spiro atoms. The van der Waals surface area contributed by atoms with Gasteiger partial charge in [0.15, 0.2) is 0 Å². The van der Waals surface area contributed by atoms with Crippen LogP contribution in [0.15, 0.2) is 53.4 Å². The molecule has 25 heavy (non-hydrogen) atoms. The minimum atomic E-state index is -4.70. The van der Waals surface area contributed by atoms with Crippen LogP contribution in [-0.2, 0) is 10.1 Å². The number of hydrogen-bond donors (Lipinski definition) is 4. The van der Waals surface area contributed by atoms with Crippen molar-refractivity contribution in [2.75, 3.05) is 11.5 Å². The van der Waals surface area contributed by atoms with Crippen molar-refractivity contribution in [3.8, 4) is 11.1 Å². The minimum absolute atomic E-state index is 0.0665. The van der Waals surface area contributed by atoms with E-state index in [-0.39, 0.29) is 28.1 Å². The minimum Gasteiger partial charge on any atom is -0.478 e. The van der Waals surface area contributed by atoms with Crippen LogP contribution in [0.5, 0.6) is 0 Å². The van der Waals surface area contributed by atoms with Crippen LogP contribution < -0.4 is 11.5 Å². The van der Waals surface area contributed by atoms with E-state index in [9.17, 15) is 22.9 Å². The van der Waals surface area contributed by atoms with E-state index in [1.165, 1.54) is 0 Å². The highest BCUT2D eigenvalue weighted by Crippen LogP contribution is 2.39. The maximum Gasteiger partial charge on any atom is 0.335 e. The third-order valence-electron chi connectivity index (χ3n) is 3.88. The highest BCUT2D eigenvalue weighted by molar-refractivity contribution is 7.86. The van der Waals surface area contributed by atoms with Crippen LogP contribution in [0, 0.1) is 0 Å². The number of hydrogen-bond acceptors (Lipinski definition) is 5. The molecule has 0 aliphatic rings. The van der Waals surface area contributed by atoms with Gasteiger partial charge in [-0.3, -0.25) is 4.55 Å². The largest absolute Gasteiger partial charge is 0.478 e. The van der Waals surface area contributed by atoms with Crippen LogP contribution in [-0.4, -0.2) is 24.0 Å². The maximum atomic E-state index is 11.8. The van der Waals surface area contributed by atoms with Gasteiger partial charge in [-0.05, 0) is 17.5 Å². The van der Waals surface area contributed by atoms with Crippen LogP contribution >= 0.6 is 0 Å². The molecule has 3 rings (SSSR count). The zero-order valence-electron chi connectivity index (χ0n) is 12.8. The first-order valence-electron chi connectivity index (χ1n) is 7.12. The van der Waals surface area contributed by atoms with E-state index < -0.39 is 21.0 Å². The van der Waals surface area contributed by atoms with Gasteiger partial charge in [0.2, 0.25) is 0 Å². The van der Waals surface area contributed by atoms with E-state index >= 15 is 0 Å². The second kappa shape index (κ2) is 5.76. The molecule has 3 aromatic carbocycles. The Morgan fingerprint density at radius 2 is 1.64 bits per heavy atom. The second-order valence-corrected chi connectivity index (χ2v) is 6.83. The Hall–Kier alpha value is -3.10. The van der Waals surface area contributed by atoms with Gasteiger partial charge in [-0.2, -0.15) is 8.42 Å². The van der Waals surface area contributed by atoms with Gasteiger partial charge in [-0.25, -0.2) is 4.79 Å². The topological polar surface area (TPSA) is 144 Å². The molecule has 0 bridgehead atoms. The number of fused-ring (bicyclic) bond motifs is 1. The van der Waals surface area contributed by atoms with Gasteiger partial charge in [0.1, 0.15) is 4.90 Å². The summed E-state index contributed by atoms with van der Waals surface area (Å²) in [6.45, 7) is 0. The van der Waals surface area contributed by atoms with Crippen molar-refractivity contribution in [1.82, 2.24) is 0 Å². The number of nitrogen functional groups attached to an aromatic ring is 2. The molecule has 128 valence electrons. The molecule has 0 heterocycles. The Morgan fingerprint density at radius 1 is 0.960 bits per heavy atom. The van der Waals surface area contributed by atoms with Crippen molar-refractivity contribution in [2.45, 2.75) is 4.90 Å². The summed E-state index contributed by atoms with van der Waals surface area (Å²) < 4.78 is 33.1. The monoisotopic (exact) mass is 358 g/mol. The fourth-order valence-electron chi connectivity index (χ4n) is 2.79. The lowest BCUT2D eigenvalue weighted by molar-refractivity contribution is 0.0697. The quantitative estimate of drug-likeness (QED) is 0.416. The van der Waals surface area contributed by atoms with Crippen LogP contribution in [0.3, 0.4) is 0 Å². The molecule has 0 atom stereocenters. The first kappa shape index (κ1) is 16.7. The molecule has 8 heteroatoms. The summed E-state index contributed by atoms with van der Waals surface area (Å²) in [5.41, 5.74) is 11.7. The highest BCUT2D eigenvalue weighted by atomic mass is 32.2. The lowest BCUT2D eigenvalue weighted by Crippen LogP contribution is -2.09. The van der Waals surface area contributed by atoms with Gasteiger partial charge in [0, 0.05) is 22.2 Å². The van der Waals surface area contributed by atoms with Gasteiger partial charge >= 0.3 is 5.97 Å². The molecular weight excluding hydrogens is 344 g/mol. The summed E-state index contributed by atoms with van der Waals surface area (Å²) in [4.78, 5) is 10.7. The third-order valence-corrected chi connectivity index (χ3v) is 4.85. The van der Waals surface area contributed by atoms with Crippen molar-refractivity contribution in [1.29, 1.82) is 0 Å². The third kappa shape index (κ3) is 2.88. The summed E-state index contributed by atoms with van der Waals surface area (Å²) in [6, 6.07) is 12.6. The molecule has 0 aromatic heterocycles. The lowest BCUT2D eigenvalue weighted by atomic mass is 9.96. The Morgan fingerprint density at radius 3 is 2.28 bits per heavy atom. The molecule has 0 aliphatic heterocycles. The first-order valence-corrected chi connectivity index (χ1v) is 8.56. The Labute approximate surface area is 143 Å². The molecule has 6 N–H and O–H groups in total. The Balaban J connectivity index is 2.44. The molecule has 0 unspecified atom stereocenters. The Bertz CT molecular complexity index is 1120. The fourth-order valence-corrected chi connectivity index (χ4v) is 3.60. The van der Waals surface area contributed by atoms with Crippen molar-refractivity contribution in [3.05, 3.63) is 54.1 Å². The molecule has 0 radical (unpaired) electrons. The van der Waals surface area contributed by atoms with Gasteiger partial charge in [0.05, 0.1) is 11.3 Å². The van der Waals surface area contributed by atoms with E-state index in [2.05, 4.69) is 0 Å². The average molecular weight is 358 g/mol. The van der Waals surface area contributed by atoms with E-state index in [4.69, 9.17) is 11.5 Å². The second-order valence-electron chi connectivity index (χ2n) is 5.47. The predicted molar refractivity (Wildman–Crippen MR) is 95.0 cm³/mol. The molecule has 0 fully saturated rings. The number of nitrogens with two attached hydrogens (primary N) is 2. The molecule has 7 nitrogen and oxygen atoms in total. The zero-order chi connectivity index (χ0) is 18.4. The normalized spacial score (nSPS) is 11.6. The first-order chi connectivity index (χ1) is 11.7. The van der Waals surface area contributed by atoms with Crippen LogP contribution in [0.2, 0.25) is 0 Å².